The van der Waals surface area contributed by atoms with Crippen LogP contribution in [0.3, 0.4) is 0 Å². The fourth-order valence-electron chi connectivity index (χ4n) is 5.87. The van der Waals surface area contributed by atoms with Gasteiger partial charge in [0.25, 0.3) is 0 Å². The van der Waals surface area contributed by atoms with E-state index in [4.69, 9.17) is 9.97 Å². The molecule has 0 aliphatic carbocycles. The smallest absolute Gasteiger partial charge is 0.116 e. The van der Waals surface area contributed by atoms with Gasteiger partial charge in [0, 0.05) is 52.5 Å². The van der Waals surface area contributed by atoms with Crippen molar-refractivity contribution < 1.29 is 0 Å². The molecular formula is C32H25N7. The predicted molar refractivity (Wildman–Crippen MR) is 158 cm³/mol. The fourth-order valence-corrected chi connectivity index (χ4v) is 5.87. The first-order valence-electron chi connectivity index (χ1n) is 13.3. The van der Waals surface area contributed by atoms with Gasteiger partial charge in [-0.15, -0.1) is 0 Å². The molecular weight excluding hydrogens is 482 g/mol. The number of aromatic nitrogens is 7. The van der Waals surface area contributed by atoms with Crippen molar-refractivity contribution in [3.05, 3.63) is 79.0 Å². The van der Waals surface area contributed by atoms with E-state index < -0.39 is 0 Å². The third-order valence-electron chi connectivity index (χ3n) is 7.86. The second kappa shape index (κ2) is 8.04. The Hall–Kier alpha value is -4.91. The van der Waals surface area contributed by atoms with Gasteiger partial charge in [0.2, 0.25) is 0 Å². The zero-order valence-electron chi connectivity index (χ0n) is 21.9. The molecule has 7 nitrogen and oxygen atoms in total. The molecule has 188 valence electrons. The van der Waals surface area contributed by atoms with Gasteiger partial charge in [-0.2, -0.15) is 0 Å². The van der Waals surface area contributed by atoms with Gasteiger partial charge >= 0.3 is 0 Å². The Balaban J connectivity index is 1.41. The molecule has 4 aromatic heterocycles. The van der Waals surface area contributed by atoms with E-state index in [0.29, 0.717) is 5.92 Å². The molecule has 0 atom stereocenters. The van der Waals surface area contributed by atoms with E-state index in [1.54, 1.807) is 6.33 Å². The molecule has 2 N–H and O–H groups in total. The lowest BCUT2D eigenvalue weighted by atomic mass is 9.94. The molecule has 0 saturated heterocycles. The minimum Gasteiger partial charge on any atom is -0.341 e. The van der Waals surface area contributed by atoms with Gasteiger partial charge < -0.3 is 9.97 Å². The molecule has 39 heavy (non-hydrogen) atoms. The minimum absolute atomic E-state index is 0.310. The molecule has 0 aliphatic rings. The standard InChI is InChI=1S/C32H25N7/c1-4-26-36-29-21-8-6-18(12-23(21)25-14-34-15-35-27(25)31(29)37-26)17-5-7-20-22(11-17)19-9-10-33-13-24(19)30-28(20)38-32(39-30)16(2)3/h5-16H,4H2,1-3H3,(H,36,37)(H,38,39). The van der Waals surface area contributed by atoms with E-state index in [1.807, 2.05) is 18.6 Å². The van der Waals surface area contributed by atoms with Crippen LogP contribution in [0, 0.1) is 0 Å². The molecule has 0 unspecified atom stereocenters. The summed E-state index contributed by atoms with van der Waals surface area (Å²) in [5, 5.41) is 7.81. The Morgan fingerprint density at radius 1 is 0.667 bits per heavy atom. The van der Waals surface area contributed by atoms with Crippen LogP contribution >= 0.6 is 0 Å². The van der Waals surface area contributed by atoms with Gasteiger partial charge in [0.1, 0.15) is 29.0 Å². The van der Waals surface area contributed by atoms with Gasteiger partial charge in [-0.25, -0.2) is 19.9 Å². The maximum atomic E-state index is 4.95. The summed E-state index contributed by atoms with van der Waals surface area (Å²) in [6, 6.07) is 15.4. The molecule has 7 heteroatoms. The van der Waals surface area contributed by atoms with E-state index in [1.165, 1.54) is 5.39 Å². The van der Waals surface area contributed by atoms with E-state index >= 15 is 0 Å². The average Bonchev–Trinajstić information content (AvgIpc) is 3.63. The summed E-state index contributed by atoms with van der Waals surface area (Å²) >= 11 is 0. The van der Waals surface area contributed by atoms with Crippen molar-refractivity contribution in [1.29, 1.82) is 0 Å². The molecule has 0 saturated carbocycles. The van der Waals surface area contributed by atoms with Crippen molar-refractivity contribution in [2.24, 2.45) is 0 Å². The van der Waals surface area contributed by atoms with Gasteiger partial charge in [-0.05, 0) is 45.5 Å². The number of pyridine rings is 1. The lowest BCUT2D eigenvalue weighted by Crippen LogP contribution is -1.88. The number of H-pyrrole nitrogens is 2. The first-order valence-corrected chi connectivity index (χ1v) is 13.3. The number of rotatable bonds is 3. The van der Waals surface area contributed by atoms with E-state index in [-0.39, 0.29) is 0 Å². The van der Waals surface area contributed by atoms with Crippen LogP contribution in [-0.4, -0.2) is 34.9 Å². The molecule has 0 radical (unpaired) electrons. The molecule has 8 aromatic rings. The summed E-state index contributed by atoms with van der Waals surface area (Å²) in [6.07, 6.45) is 8.12. The van der Waals surface area contributed by atoms with Crippen LogP contribution in [0.4, 0.5) is 0 Å². The highest BCUT2D eigenvalue weighted by molar-refractivity contribution is 6.24. The maximum absolute atomic E-state index is 4.95. The average molecular weight is 508 g/mol. The van der Waals surface area contributed by atoms with E-state index in [0.717, 1.165) is 89.1 Å². The number of nitrogens with zero attached hydrogens (tertiary/aromatic N) is 5. The number of benzene rings is 4. The van der Waals surface area contributed by atoms with Crippen LogP contribution in [-0.2, 0) is 6.42 Å². The van der Waals surface area contributed by atoms with E-state index in [9.17, 15) is 0 Å². The molecule has 0 amide bonds. The van der Waals surface area contributed by atoms with Crippen molar-refractivity contribution in [2.75, 3.05) is 0 Å². The lowest BCUT2D eigenvalue weighted by molar-refractivity contribution is 0.799. The second-order valence-electron chi connectivity index (χ2n) is 10.5. The quantitative estimate of drug-likeness (QED) is 0.240. The van der Waals surface area contributed by atoms with E-state index in [2.05, 4.69) is 88.2 Å². The monoisotopic (exact) mass is 507 g/mol. The molecule has 0 spiro atoms. The second-order valence-corrected chi connectivity index (χ2v) is 10.5. The number of nitrogens with one attached hydrogen (secondary N) is 2. The molecule has 0 aliphatic heterocycles. The van der Waals surface area contributed by atoms with Crippen LogP contribution < -0.4 is 0 Å². The van der Waals surface area contributed by atoms with Gasteiger partial charge in [-0.3, -0.25) is 4.98 Å². The third-order valence-corrected chi connectivity index (χ3v) is 7.86. The summed E-state index contributed by atoms with van der Waals surface area (Å²) < 4.78 is 0. The van der Waals surface area contributed by atoms with Gasteiger partial charge in [-0.1, -0.05) is 45.0 Å². The highest BCUT2D eigenvalue weighted by atomic mass is 14.9. The van der Waals surface area contributed by atoms with Crippen molar-refractivity contribution in [3.63, 3.8) is 0 Å². The number of imidazole rings is 2. The van der Waals surface area contributed by atoms with Gasteiger partial charge in [0.05, 0.1) is 16.6 Å². The molecule has 0 fully saturated rings. The van der Waals surface area contributed by atoms with Crippen molar-refractivity contribution in [3.8, 4) is 11.1 Å². The summed E-state index contributed by atoms with van der Waals surface area (Å²) in [7, 11) is 0. The normalized spacial score (nSPS) is 12.3. The largest absolute Gasteiger partial charge is 0.341 e. The van der Waals surface area contributed by atoms with Gasteiger partial charge in [0.15, 0.2) is 0 Å². The number of aromatic amines is 2. The lowest BCUT2D eigenvalue weighted by Gasteiger charge is -2.11. The summed E-state index contributed by atoms with van der Waals surface area (Å²) in [5.74, 6) is 2.26. The topological polar surface area (TPSA) is 96.0 Å². The fraction of sp³-hybridized carbons (Fsp3) is 0.156. The van der Waals surface area contributed by atoms with Crippen LogP contribution in [0.5, 0.6) is 0 Å². The number of hydrogen-bond donors (Lipinski definition) is 2. The first-order chi connectivity index (χ1) is 19.1. The summed E-state index contributed by atoms with van der Waals surface area (Å²) in [6.45, 7) is 6.43. The zero-order valence-corrected chi connectivity index (χ0v) is 21.9. The highest BCUT2D eigenvalue weighted by Gasteiger charge is 2.17. The predicted octanol–water partition coefficient (Wildman–Crippen LogP) is 7.59. The Morgan fingerprint density at radius 2 is 1.36 bits per heavy atom. The number of fused-ring (bicyclic) bond motifs is 12. The summed E-state index contributed by atoms with van der Waals surface area (Å²) in [5.41, 5.74) is 7.14. The van der Waals surface area contributed by atoms with Crippen molar-refractivity contribution in [1.82, 2.24) is 34.9 Å². The minimum atomic E-state index is 0.310. The summed E-state index contributed by atoms with van der Waals surface area (Å²) in [4.78, 5) is 30.3. The first kappa shape index (κ1) is 22.1. The van der Waals surface area contributed by atoms with Crippen molar-refractivity contribution in [2.45, 2.75) is 33.1 Å². The van der Waals surface area contributed by atoms with Crippen LogP contribution in [0.15, 0.2) is 67.4 Å². The third kappa shape index (κ3) is 3.13. The molecule has 4 heterocycles. The van der Waals surface area contributed by atoms with Crippen LogP contribution in [0.1, 0.15) is 38.3 Å². The molecule has 8 rings (SSSR count). The Labute approximate surface area is 223 Å². The number of hydrogen-bond acceptors (Lipinski definition) is 5. The Morgan fingerprint density at radius 3 is 2.10 bits per heavy atom. The Bertz CT molecular complexity index is 2260. The van der Waals surface area contributed by atoms with Crippen molar-refractivity contribution >= 4 is 65.3 Å². The Kier molecular flexibility index (Phi) is 4.56. The highest BCUT2D eigenvalue weighted by Crippen LogP contribution is 2.39. The number of aryl methyl sites for hydroxylation is 1. The molecule has 0 bridgehead atoms. The van der Waals surface area contributed by atoms with Crippen LogP contribution in [0.2, 0.25) is 0 Å². The maximum Gasteiger partial charge on any atom is 0.116 e. The SMILES string of the molecule is CCc1nc2c3ncncc3c3cc(-c4ccc5c(c4)c4ccncc4c4nc(C(C)C)[nH]c54)ccc3c2[nH]1. The molecule has 4 aromatic carbocycles. The van der Waals surface area contributed by atoms with Crippen LogP contribution in [0.25, 0.3) is 76.4 Å². The zero-order chi connectivity index (χ0) is 26.2.